The Kier molecular flexibility index (Phi) is 26.7. The fraction of sp³-hybridized carbons (Fsp3) is 0.508. The highest BCUT2D eigenvalue weighted by Gasteiger charge is 2.48. The predicted octanol–water partition coefficient (Wildman–Crippen LogP) is 5.71. The van der Waals surface area contributed by atoms with E-state index in [-0.39, 0.29) is 111 Å². The van der Waals surface area contributed by atoms with Crippen LogP contribution >= 0.6 is 0 Å². The normalized spacial score (nSPS) is 18.8. The number of imide groups is 1. The number of unbranched alkanes of at least 4 members (excludes halogenated alkanes) is 3. The van der Waals surface area contributed by atoms with Gasteiger partial charge in [0, 0.05) is 75.1 Å². The van der Waals surface area contributed by atoms with E-state index in [4.69, 9.17) is 24.9 Å². The zero-order valence-corrected chi connectivity index (χ0v) is 51.6. The summed E-state index contributed by atoms with van der Waals surface area (Å²) in [6.45, 7) is 6.39. The van der Waals surface area contributed by atoms with Crippen LogP contribution in [0.3, 0.4) is 0 Å². The molecule has 1 saturated heterocycles. The second-order valence-electron chi connectivity index (χ2n) is 24.3. The minimum Gasteiger partial charge on any atom is -0.479 e. The number of alkyl carbamates (subject to hydrolysis) is 1. The first kappa shape index (κ1) is 71.9. The van der Waals surface area contributed by atoms with Crippen LogP contribution in [0.2, 0.25) is 0 Å². The number of carboxylic acids is 1. The monoisotopic (exact) mass is 1270 g/mol. The van der Waals surface area contributed by atoms with E-state index in [0.29, 0.717) is 43.2 Å². The molecule has 8 N–H and O–H groups in total. The van der Waals surface area contributed by atoms with Gasteiger partial charge in [-0.3, -0.25) is 38.5 Å². The van der Waals surface area contributed by atoms with Crippen LogP contribution in [-0.4, -0.2) is 162 Å². The Morgan fingerprint density at radius 1 is 0.813 bits per heavy atom. The summed E-state index contributed by atoms with van der Waals surface area (Å²) in [6, 6.07) is 14.9. The first-order valence-electron chi connectivity index (χ1n) is 30.3. The molecular weight excluding hydrogens is 1190 g/mol. The quantitative estimate of drug-likeness (QED) is 0.0214. The van der Waals surface area contributed by atoms with Crippen LogP contribution in [0.1, 0.15) is 127 Å². The van der Waals surface area contributed by atoms with Gasteiger partial charge in [0.1, 0.15) is 61.4 Å². The second-order valence-corrected chi connectivity index (χ2v) is 24.3. The van der Waals surface area contributed by atoms with Crippen molar-refractivity contribution < 1.29 is 91.0 Å². The summed E-state index contributed by atoms with van der Waals surface area (Å²) >= 11 is 0. The Bertz CT molecular complexity index is 3190. The number of ether oxygens (including phenoxy) is 3. The summed E-state index contributed by atoms with van der Waals surface area (Å²) in [7, 11) is 0. The van der Waals surface area contributed by atoms with Crippen molar-refractivity contribution in [1.29, 1.82) is 0 Å². The fourth-order valence-electron chi connectivity index (χ4n) is 10.8. The Labute approximate surface area is 525 Å². The van der Waals surface area contributed by atoms with Gasteiger partial charge in [0.15, 0.2) is 18.2 Å². The third kappa shape index (κ3) is 20.9. The molecule has 1 aromatic heterocycles. The fourth-order valence-corrected chi connectivity index (χ4v) is 10.8. The number of alkyl halides is 1. The Balaban J connectivity index is 1.13. The lowest BCUT2D eigenvalue weighted by Crippen LogP contribution is -2.60. The second kappa shape index (κ2) is 33.8. The molecule has 494 valence electrons. The van der Waals surface area contributed by atoms with Crippen molar-refractivity contribution >= 4 is 53.2 Å². The number of aliphatic carboxylic acids is 1. The molecule has 3 heterocycles. The van der Waals surface area contributed by atoms with Gasteiger partial charge in [-0.25, -0.2) is 27.7 Å². The van der Waals surface area contributed by atoms with Crippen LogP contribution in [0.15, 0.2) is 91.1 Å². The SMILES string of the molecule is CC(C)[C@H](CC(=O)CCCCCN1C(=O)C=CC1=O)C(=O)N[C@@H](CCCCC(N)=O)C(=O)Cc1ccc(COC(=O)N[C@@H](CF)CCN(C(=O)CO[C@@H]2O[C@H](C(=O)O)[C@@H](O)[C@H](O)[C@H]2O)[C@@H](c2nc(-c3cc(F)ccc3F)cn2Cc2ccccc2)C(C)(C)C)cc1. The molecule has 91 heavy (non-hydrogen) atoms. The highest BCUT2D eigenvalue weighted by Crippen LogP contribution is 2.40. The molecule has 9 atom stereocenters. The number of carbonyl (C=O) groups excluding carboxylic acids is 8. The number of nitrogens with one attached hydrogen (secondary N) is 2. The highest BCUT2D eigenvalue weighted by molar-refractivity contribution is 6.12. The number of carbonyl (C=O) groups is 9. The summed E-state index contributed by atoms with van der Waals surface area (Å²) in [4.78, 5) is 123. The van der Waals surface area contributed by atoms with Gasteiger partial charge in [-0.1, -0.05) is 102 Å². The molecule has 2 aliphatic heterocycles. The Morgan fingerprint density at radius 3 is 2.12 bits per heavy atom. The third-order valence-electron chi connectivity index (χ3n) is 15.8. The molecular formula is C65H82F3N7O16. The summed E-state index contributed by atoms with van der Waals surface area (Å²) in [5.41, 5.74) is 5.91. The van der Waals surface area contributed by atoms with Crippen molar-refractivity contribution in [3.8, 4) is 11.3 Å². The van der Waals surface area contributed by atoms with E-state index in [2.05, 4.69) is 10.6 Å². The van der Waals surface area contributed by atoms with E-state index >= 15 is 8.78 Å². The number of halogens is 3. The van der Waals surface area contributed by atoms with Gasteiger partial charge in [-0.2, -0.15) is 0 Å². The van der Waals surface area contributed by atoms with Gasteiger partial charge < -0.3 is 60.5 Å². The number of aromatic nitrogens is 2. The van der Waals surface area contributed by atoms with Crippen molar-refractivity contribution in [2.75, 3.05) is 26.4 Å². The van der Waals surface area contributed by atoms with Crippen LogP contribution < -0.4 is 16.4 Å². The Hall–Kier alpha value is -8.17. The van der Waals surface area contributed by atoms with E-state index in [0.717, 1.165) is 28.7 Å². The van der Waals surface area contributed by atoms with Gasteiger partial charge in [0.2, 0.25) is 17.7 Å². The van der Waals surface area contributed by atoms with Crippen molar-refractivity contribution in [2.45, 2.75) is 167 Å². The molecule has 3 aromatic carbocycles. The van der Waals surface area contributed by atoms with Crippen LogP contribution in [0.5, 0.6) is 0 Å². The van der Waals surface area contributed by atoms with Crippen LogP contribution in [-0.2, 0) is 72.1 Å². The molecule has 2 aliphatic rings. The number of nitrogens with two attached hydrogens (primary N) is 1. The number of benzene rings is 3. The highest BCUT2D eigenvalue weighted by atomic mass is 19.1. The van der Waals surface area contributed by atoms with Crippen molar-refractivity contribution in [2.24, 2.45) is 23.0 Å². The maximum atomic E-state index is 15.5. The molecule has 0 unspecified atom stereocenters. The topological polar surface area (TPSA) is 337 Å². The number of ketones is 2. The van der Waals surface area contributed by atoms with Crippen LogP contribution in [0.25, 0.3) is 11.3 Å². The maximum absolute atomic E-state index is 15.5. The number of aliphatic hydroxyl groups is 3. The van der Waals surface area contributed by atoms with E-state index in [1.54, 1.807) is 81.7 Å². The number of aliphatic hydroxyl groups excluding tert-OH is 3. The third-order valence-corrected chi connectivity index (χ3v) is 15.8. The summed E-state index contributed by atoms with van der Waals surface area (Å²) in [5, 5.41) is 46.5. The van der Waals surface area contributed by atoms with Gasteiger partial charge in [-0.15, -0.1) is 0 Å². The average Bonchev–Trinajstić information content (AvgIpc) is 1.73. The summed E-state index contributed by atoms with van der Waals surface area (Å²) < 4.78 is 63.2. The molecule has 4 aromatic rings. The molecule has 0 bridgehead atoms. The van der Waals surface area contributed by atoms with E-state index in [1.165, 1.54) is 23.2 Å². The lowest BCUT2D eigenvalue weighted by atomic mass is 9.84. The molecule has 1 fully saturated rings. The van der Waals surface area contributed by atoms with Gasteiger partial charge in [-0.05, 0) is 78.3 Å². The number of Topliss-reactive ketones (excluding diaryl/α,β-unsaturated/α-hetero) is 2. The van der Waals surface area contributed by atoms with Crippen molar-refractivity contribution in [1.82, 2.24) is 30.0 Å². The molecule has 6 amide bonds. The minimum atomic E-state index is -2.06. The van der Waals surface area contributed by atoms with Gasteiger partial charge in [0.25, 0.3) is 11.8 Å². The average molecular weight is 1270 g/mol. The smallest absolute Gasteiger partial charge is 0.407 e. The standard InChI is InChI=1S/C65H82F3N7O16/c1-38(2)45(32-44(76)16-10-7-13-28-74-52(79)25-26-53(74)80)61(85)72-48(17-11-12-18-51(69)78)50(77)30-39-19-21-41(22-20-39)36-90-64(88)70-43(33-66)27-29-75(54(81)37-89-63-57(84)55(82)56(83)58(91-63)62(86)87)59(65(3,4)5)60-71-49(46-31-42(67)23-24-47(46)68)35-73(60)34-40-14-8-6-9-15-40/h6,8-9,14-15,19-26,31,35,38,43,45,48,55-59,63,82-84H,7,10-13,16-18,27-30,32-34,36-37H2,1-5H3,(H2,69,78)(H,70,88)(H,72,85)(H,86,87)/t43-,45+,48+,55+,56+,57-,58+,59+,63-/m1/s1. The van der Waals surface area contributed by atoms with Gasteiger partial charge in [0.05, 0.1) is 23.8 Å². The lowest BCUT2D eigenvalue weighted by molar-refractivity contribution is -0.292. The zero-order valence-electron chi connectivity index (χ0n) is 51.6. The molecule has 26 heteroatoms. The number of nitrogens with zero attached hydrogens (tertiary/aromatic N) is 4. The molecule has 0 spiro atoms. The minimum absolute atomic E-state index is 0.00212. The van der Waals surface area contributed by atoms with Gasteiger partial charge >= 0.3 is 12.1 Å². The molecule has 0 radical (unpaired) electrons. The first-order chi connectivity index (χ1) is 43.1. The van der Waals surface area contributed by atoms with E-state index < -0.39 is 115 Å². The van der Waals surface area contributed by atoms with E-state index in [9.17, 15) is 68.0 Å². The number of imidazole rings is 1. The number of rotatable bonds is 35. The molecule has 23 nitrogen and oxygen atoms in total. The number of hydrogen-bond acceptors (Lipinski definition) is 16. The maximum Gasteiger partial charge on any atom is 0.407 e. The predicted molar refractivity (Wildman–Crippen MR) is 322 cm³/mol. The van der Waals surface area contributed by atoms with Crippen molar-refractivity contribution in [3.05, 3.63) is 125 Å². The van der Waals surface area contributed by atoms with Crippen molar-refractivity contribution in [3.63, 3.8) is 0 Å². The summed E-state index contributed by atoms with van der Waals surface area (Å²) in [5.74, 6) is -7.24. The largest absolute Gasteiger partial charge is 0.479 e. The first-order valence-corrected chi connectivity index (χ1v) is 30.3. The Morgan fingerprint density at radius 2 is 1.48 bits per heavy atom. The number of carboxylic acid groups (broad SMARTS) is 1. The zero-order chi connectivity index (χ0) is 66.7. The number of amides is 6. The molecule has 0 saturated carbocycles. The number of hydrogen-bond donors (Lipinski definition) is 7. The number of primary amides is 1. The summed E-state index contributed by atoms with van der Waals surface area (Å²) in [6.07, 6.45) is -5.00. The molecule has 6 rings (SSSR count). The van der Waals surface area contributed by atoms with E-state index in [1.807, 2.05) is 12.1 Å². The van der Waals surface area contributed by atoms with Crippen LogP contribution in [0, 0.1) is 28.9 Å². The molecule has 0 aliphatic carbocycles. The van der Waals surface area contributed by atoms with Crippen LogP contribution in [0.4, 0.5) is 18.0 Å². The lowest BCUT2D eigenvalue weighted by Gasteiger charge is -2.41.